The number of amides is 1. The van der Waals surface area contributed by atoms with Crippen LogP contribution in [0.25, 0.3) is 0 Å². The van der Waals surface area contributed by atoms with Crippen LogP contribution in [-0.2, 0) is 11.2 Å². The number of carbonyl (C=O) groups excluding carboxylic acids is 1. The lowest BCUT2D eigenvalue weighted by Crippen LogP contribution is -2.30. The molecule has 0 unspecified atom stereocenters. The Morgan fingerprint density at radius 2 is 1.90 bits per heavy atom. The van der Waals surface area contributed by atoms with Crippen LogP contribution in [0, 0.1) is 0 Å². The summed E-state index contributed by atoms with van der Waals surface area (Å²) in [6, 6.07) is 12.1. The van der Waals surface area contributed by atoms with Crippen LogP contribution in [0.15, 0.2) is 42.6 Å². The van der Waals surface area contributed by atoms with Gasteiger partial charge in [-0.05, 0) is 36.1 Å². The molecular formula is C17H18N2O. The second kappa shape index (κ2) is 5.08. The highest BCUT2D eigenvalue weighted by Crippen LogP contribution is 2.33. The maximum atomic E-state index is 12.3. The van der Waals surface area contributed by atoms with E-state index in [0.717, 1.165) is 23.5 Å². The van der Waals surface area contributed by atoms with Gasteiger partial charge in [0.15, 0.2) is 0 Å². The number of rotatable bonds is 2. The van der Waals surface area contributed by atoms with Crippen molar-refractivity contribution in [2.24, 2.45) is 0 Å². The van der Waals surface area contributed by atoms with Gasteiger partial charge in [0.25, 0.3) is 0 Å². The molecule has 0 fully saturated rings. The van der Waals surface area contributed by atoms with Crippen molar-refractivity contribution in [3.05, 3.63) is 53.9 Å². The molecular weight excluding hydrogens is 248 g/mol. The molecule has 0 bridgehead atoms. The van der Waals surface area contributed by atoms with Crippen molar-refractivity contribution >= 4 is 17.3 Å². The lowest BCUT2D eigenvalue weighted by atomic mass is 10.0. The maximum Gasteiger partial charge on any atom is 0.231 e. The van der Waals surface area contributed by atoms with Crippen LogP contribution in [0.3, 0.4) is 0 Å². The predicted molar refractivity (Wildman–Crippen MR) is 80.2 cm³/mol. The predicted octanol–water partition coefficient (Wildman–Crippen LogP) is 3.82. The molecule has 3 rings (SSSR count). The zero-order valence-electron chi connectivity index (χ0n) is 11.8. The molecule has 1 aromatic heterocycles. The fourth-order valence-corrected chi connectivity index (χ4v) is 2.58. The number of aryl methyl sites for hydroxylation is 1. The number of pyridine rings is 1. The Morgan fingerprint density at radius 3 is 2.60 bits per heavy atom. The number of aromatic nitrogens is 1. The number of fused-ring (bicyclic) bond motifs is 1. The molecule has 3 heteroatoms. The van der Waals surface area contributed by atoms with Gasteiger partial charge in [-0.3, -0.25) is 14.7 Å². The van der Waals surface area contributed by atoms with Gasteiger partial charge >= 0.3 is 0 Å². The van der Waals surface area contributed by atoms with E-state index in [1.54, 1.807) is 11.1 Å². The summed E-state index contributed by atoms with van der Waals surface area (Å²) < 4.78 is 0. The SMILES string of the molecule is CC(C)c1ccc(N2C(=O)CCc3ccccc32)cn1. The van der Waals surface area contributed by atoms with Crippen LogP contribution < -0.4 is 4.90 Å². The number of hydrogen-bond donors (Lipinski definition) is 0. The first-order chi connectivity index (χ1) is 9.66. The molecule has 0 saturated carbocycles. The molecule has 20 heavy (non-hydrogen) atoms. The van der Waals surface area contributed by atoms with E-state index in [2.05, 4.69) is 24.9 Å². The average molecular weight is 266 g/mol. The second-order valence-corrected chi connectivity index (χ2v) is 5.45. The van der Waals surface area contributed by atoms with Gasteiger partial charge in [-0.1, -0.05) is 32.0 Å². The molecule has 0 saturated heterocycles. The molecule has 1 aliphatic rings. The van der Waals surface area contributed by atoms with E-state index < -0.39 is 0 Å². The molecule has 0 atom stereocenters. The molecule has 0 radical (unpaired) electrons. The van der Waals surface area contributed by atoms with Gasteiger partial charge < -0.3 is 0 Å². The molecule has 1 amide bonds. The van der Waals surface area contributed by atoms with Gasteiger partial charge in [0.2, 0.25) is 5.91 Å². The Balaban J connectivity index is 2.02. The number of nitrogens with zero attached hydrogens (tertiary/aromatic N) is 2. The van der Waals surface area contributed by atoms with E-state index in [1.165, 1.54) is 5.56 Å². The zero-order chi connectivity index (χ0) is 14.1. The molecule has 102 valence electrons. The average Bonchev–Trinajstić information content (AvgIpc) is 2.47. The third kappa shape index (κ3) is 2.20. The van der Waals surface area contributed by atoms with Crippen LogP contribution in [0.1, 0.15) is 37.4 Å². The highest BCUT2D eigenvalue weighted by atomic mass is 16.2. The van der Waals surface area contributed by atoms with E-state index in [4.69, 9.17) is 0 Å². The molecule has 0 spiro atoms. The van der Waals surface area contributed by atoms with E-state index in [-0.39, 0.29) is 5.91 Å². The highest BCUT2D eigenvalue weighted by molar-refractivity contribution is 6.02. The van der Waals surface area contributed by atoms with Crippen molar-refractivity contribution in [3.8, 4) is 0 Å². The van der Waals surface area contributed by atoms with Crippen molar-refractivity contribution in [3.63, 3.8) is 0 Å². The third-order valence-electron chi connectivity index (χ3n) is 3.71. The Labute approximate surface area is 119 Å². The zero-order valence-corrected chi connectivity index (χ0v) is 11.8. The normalized spacial score (nSPS) is 14.6. The molecule has 0 N–H and O–H groups in total. The molecule has 0 aliphatic carbocycles. The van der Waals surface area contributed by atoms with Gasteiger partial charge in [0.1, 0.15) is 0 Å². The van der Waals surface area contributed by atoms with Crippen molar-refractivity contribution in [1.82, 2.24) is 4.98 Å². The van der Waals surface area contributed by atoms with Gasteiger partial charge in [0, 0.05) is 12.1 Å². The quantitative estimate of drug-likeness (QED) is 0.828. The number of anilines is 2. The number of carbonyl (C=O) groups is 1. The Kier molecular flexibility index (Phi) is 3.26. The van der Waals surface area contributed by atoms with Crippen molar-refractivity contribution in [2.75, 3.05) is 4.90 Å². The monoisotopic (exact) mass is 266 g/mol. The lowest BCUT2D eigenvalue weighted by molar-refractivity contribution is -0.118. The Bertz CT molecular complexity index is 632. The largest absolute Gasteiger partial charge is 0.279 e. The van der Waals surface area contributed by atoms with Crippen LogP contribution in [0.2, 0.25) is 0 Å². The standard InChI is InChI=1S/C17H18N2O/c1-12(2)15-9-8-14(11-18-15)19-16-6-4-3-5-13(16)7-10-17(19)20/h3-6,8-9,11-12H,7,10H2,1-2H3. The summed E-state index contributed by atoms with van der Waals surface area (Å²) in [5.74, 6) is 0.538. The van der Waals surface area contributed by atoms with E-state index in [0.29, 0.717) is 12.3 Å². The van der Waals surface area contributed by atoms with E-state index >= 15 is 0 Å². The van der Waals surface area contributed by atoms with E-state index in [1.807, 2.05) is 30.3 Å². The fourth-order valence-electron chi connectivity index (χ4n) is 2.58. The summed E-state index contributed by atoms with van der Waals surface area (Å²) in [6.45, 7) is 4.23. The number of benzene rings is 1. The van der Waals surface area contributed by atoms with Crippen LogP contribution in [0.4, 0.5) is 11.4 Å². The highest BCUT2D eigenvalue weighted by Gasteiger charge is 2.25. The second-order valence-electron chi connectivity index (χ2n) is 5.45. The van der Waals surface area contributed by atoms with Gasteiger partial charge in [-0.2, -0.15) is 0 Å². The molecule has 1 aliphatic heterocycles. The van der Waals surface area contributed by atoms with Crippen LogP contribution in [-0.4, -0.2) is 10.9 Å². The Morgan fingerprint density at radius 1 is 1.10 bits per heavy atom. The number of hydrogen-bond acceptors (Lipinski definition) is 2. The third-order valence-corrected chi connectivity index (χ3v) is 3.71. The van der Waals surface area contributed by atoms with Gasteiger partial charge in [-0.15, -0.1) is 0 Å². The van der Waals surface area contributed by atoms with Crippen molar-refractivity contribution < 1.29 is 4.79 Å². The topological polar surface area (TPSA) is 33.2 Å². The fraction of sp³-hybridized carbons (Fsp3) is 0.294. The summed E-state index contributed by atoms with van der Waals surface area (Å²) in [5.41, 5.74) is 4.11. The maximum absolute atomic E-state index is 12.3. The summed E-state index contributed by atoms with van der Waals surface area (Å²) in [7, 11) is 0. The smallest absolute Gasteiger partial charge is 0.231 e. The van der Waals surface area contributed by atoms with Crippen molar-refractivity contribution in [1.29, 1.82) is 0 Å². The summed E-state index contributed by atoms with van der Waals surface area (Å²) >= 11 is 0. The van der Waals surface area contributed by atoms with Crippen molar-refractivity contribution in [2.45, 2.75) is 32.6 Å². The molecule has 2 heterocycles. The molecule has 1 aromatic carbocycles. The minimum absolute atomic E-state index is 0.141. The minimum atomic E-state index is 0.141. The van der Waals surface area contributed by atoms with E-state index in [9.17, 15) is 4.79 Å². The van der Waals surface area contributed by atoms with Crippen LogP contribution >= 0.6 is 0 Å². The minimum Gasteiger partial charge on any atom is -0.279 e. The van der Waals surface area contributed by atoms with Crippen LogP contribution in [0.5, 0.6) is 0 Å². The first-order valence-corrected chi connectivity index (χ1v) is 7.03. The molecule has 2 aromatic rings. The summed E-state index contributed by atoms with van der Waals surface area (Å²) in [4.78, 5) is 18.5. The first-order valence-electron chi connectivity index (χ1n) is 7.03. The Hall–Kier alpha value is -2.16. The number of para-hydroxylation sites is 1. The van der Waals surface area contributed by atoms with Gasteiger partial charge in [-0.25, -0.2) is 0 Å². The summed E-state index contributed by atoms with van der Waals surface area (Å²) in [6.07, 6.45) is 3.18. The lowest BCUT2D eigenvalue weighted by Gasteiger charge is -2.29. The molecule has 3 nitrogen and oxygen atoms in total. The summed E-state index contributed by atoms with van der Waals surface area (Å²) in [5, 5.41) is 0. The van der Waals surface area contributed by atoms with Gasteiger partial charge in [0.05, 0.1) is 17.6 Å². The first kappa shape index (κ1) is 12.9.